The van der Waals surface area contributed by atoms with Gasteiger partial charge in [0.2, 0.25) is 23.6 Å². The first-order chi connectivity index (χ1) is 22.3. The lowest BCUT2D eigenvalue weighted by Crippen LogP contribution is -2.59. The summed E-state index contributed by atoms with van der Waals surface area (Å²) in [7, 11) is 0. The number of phenols is 1. The van der Waals surface area contributed by atoms with Crippen molar-refractivity contribution in [2.45, 2.75) is 77.2 Å². The Labute approximate surface area is 283 Å². The van der Waals surface area contributed by atoms with Gasteiger partial charge in [0.05, 0.1) is 12.6 Å². The first-order valence-corrected chi connectivity index (χ1v) is 16.0. The molecule has 2 aromatic carbocycles. The number of ketones is 1. The fourth-order valence-corrected chi connectivity index (χ4v) is 5.74. The summed E-state index contributed by atoms with van der Waals surface area (Å²) in [6, 6.07) is 6.97. The number of hydrogen-bond acceptors (Lipinski definition) is 8. The second-order valence-corrected chi connectivity index (χ2v) is 12.5. The lowest BCUT2D eigenvalue weighted by atomic mass is 10.00. The van der Waals surface area contributed by atoms with Crippen molar-refractivity contribution in [2.24, 2.45) is 5.92 Å². The number of ether oxygens (including phenoxy) is 1. The molecule has 0 unspecified atom stereocenters. The lowest BCUT2D eigenvalue weighted by molar-refractivity contribution is -0.143. The SMILES string of the molecule is CC(=O)N[C@@H](Cc1ccc(O)cc1)C(=O)N[C@H](C(=O)N1CCC[C@H]1C(=O)N[C@@H](CC=O)C(=O)COCc1c(Cl)cccc1Cl)C(C)C. The molecular formula is C33H40Cl2N4O8. The van der Waals surface area contributed by atoms with Crippen LogP contribution in [0.5, 0.6) is 5.75 Å². The zero-order valence-corrected chi connectivity index (χ0v) is 28.0. The number of aromatic hydroxyl groups is 1. The number of halogens is 2. The molecule has 0 spiro atoms. The standard InChI is InChI=1S/C33H40Cl2N4O8/c1-19(2)30(38-31(44)27(36-20(3)41)16-21-9-11-22(42)12-10-21)33(46)39-14-5-8-28(39)32(45)37-26(13-15-40)29(43)18-47-17-23-24(34)6-4-7-25(23)35/h4,6-7,9-12,15,19,26-28,30,42H,5,8,13-14,16-18H2,1-3H3,(H,36,41)(H,37,45)(H,38,44)/t26-,27-,28-,30-/m0/s1. The average Bonchev–Trinajstić information content (AvgIpc) is 3.51. The first kappa shape index (κ1) is 37.5. The molecule has 0 bridgehead atoms. The fourth-order valence-electron chi connectivity index (χ4n) is 5.23. The number of likely N-dealkylation sites (tertiary alicyclic amines) is 1. The predicted molar refractivity (Wildman–Crippen MR) is 175 cm³/mol. The zero-order chi connectivity index (χ0) is 34.7. The highest BCUT2D eigenvalue weighted by atomic mass is 35.5. The van der Waals surface area contributed by atoms with E-state index in [1.807, 2.05) is 0 Å². The van der Waals surface area contributed by atoms with E-state index in [0.717, 1.165) is 0 Å². The highest BCUT2D eigenvalue weighted by Gasteiger charge is 2.40. The first-order valence-electron chi connectivity index (χ1n) is 15.3. The fraction of sp³-hybridized carbons (Fsp3) is 0.455. The molecule has 0 saturated carbocycles. The van der Waals surface area contributed by atoms with E-state index in [0.29, 0.717) is 40.3 Å². The molecular weight excluding hydrogens is 651 g/mol. The van der Waals surface area contributed by atoms with E-state index < -0.39 is 60.2 Å². The van der Waals surface area contributed by atoms with Crippen LogP contribution in [0.4, 0.5) is 0 Å². The van der Waals surface area contributed by atoms with Crippen LogP contribution < -0.4 is 16.0 Å². The van der Waals surface area contributed by atoms with Gasteiger partial charge in [-0.25, -0.2) is 0 Å². The van der Waals surface area contributed by atoms with Crippen LogP contribution in [-0.4, -0.2) is 83.0 Å². The highest BCUT2D eigenvalue weighted by Crippen LogP contribution is 2.25. The van der Waals surface area contributed by atoms with Crippen molar-refractivity contribution in [3.8, 4) is 5.75 Å². The van der Waals surface area contributed by atoms with Crippen molar-refractivity contribution in [3.63, 3.8) is 0 Å². The molecule has 2 aromatic rings. The van der Waals surface area contributed by atoms with Gasteiger partial charge in [-0.3, -0.25) is 24.0 Å². The summed E-state index contributed by atoms with van der Waals surface area (Å²) in [4.78, 5) is 78.2. The normalized spacial score (nSPS) is 16.2. The van der Waals surface area contributed by atoms with Crippen LogP contribution in [0.3, 0.4) is 0 Å². The molecule has 1 saturated heterocycles. The zero-order valence-electron chi connectivity index (χ0n) is 26.5. The maximum absolute atomic E-state index is 13.8. The third-order valence-electron chi connectivity index (χ3n) is 7.73. The molecule has 1 fully saturated rings. The maximum Gasteiger partial charge on any atom is 0.246 e. The van der Waals surface area contributed by atoms with Gasteiger partial charge in [0.15, 0.2) is 5.78 Å². The van der Waals surface area contributed by atoms with Gasteiger partial charge >= 0.3 is 0 Å². The number of Topliss-reactive ketones (excluding diaryl/α,β-unsaturated/α-hetero) is 1. The number of benzene rings is 2. The summed E-state index contributed by atoms with van der Waals surface area (Å²) in [5.41, 5.74) is 1.17. The van der Waals surface area contributed by atoms with E-state index in [-0.39, 0.29) is 37.7 Å². The van der Waals surface area contributed by atoms with E-state index in [4.69, 9.17) is 27.9 Å². The van der Waals surface area contributed by atoms with E-state index >= 15 is 0 Å². The summed E-state index contributed by atoms with van der Waals surface area (Å²) in [5, 5.41) is 18.3. The largest absolute Gasteiger partial charge is 0.508 e. The van der Waals surface area contributed by atoms with Crippen molar-refractivity contribution >= 4 is 58.9 Å². The van der Waals surface area contributed by atoms with Crippen molar-refractivity contribution in [1.29, 1.82) is 0 Å². The van der Waals surface area contributed by atoms with Crippen LogP contribution in [0.2, 0.25) is 10.0 Å². The summed E-state index contributed by atoms with van der Waals surface area (Å²) in [6.45, 7) is 4.53. The van der Waals surface area contributed by atoms with Gasteiger partial charge in [-0.2, -0.15) is 0 Å². The van der Waals surface area contributed by atoms with Gasteiger partial charge in [-0.1, -0.05) is 55.2 Å². The maximum atomic E-state index is 13.8. The number of phenolic OH excluding ortho intramolecular Hbond substituents is 1. The van der Waals surface area contributed by atoms with Crippen molar-refractivity contribution < 1.29 is 38.6 Å². The topological polar surface area (TPSA) is 171 Å². The van der Waals surface area contributed by atoms with Crippen LogP contribution in [0.25, 0.3) is 0 Å². The number of carbonyl (C=O) groups excluding carboxylic acids is 6. The van der Waals surface area contributed by atoms with Crippen LogP contribution in [0.15, 0.2) is 42.5 Å². The Hall–Kier alpha value is -4.00. The third-order valence-corrected chi connectivity index (χ3v) is 8.44. The number of carbonyl (C=O) groups is 6. The summed E-state index contributed by atoms with van der Waals surface area (Å²) in [5.74, 6) is -3.00. The molecule has 1 heterocycles. The number of aldehydes is 1. The van der Waals surface area contributed by atoms with Gasteiger partial charge in [0.25, 0.3) is 0 Å². The third kappa shape index (κ3) is 10.8. The van der Waals surface area contributed by atoms with E-state index in [2.05, 4.69) is 16.0 Å². The molecule has 14 heteroatoms. The van der Waals surface area contributed by atoms with Crippen molar-refractivity contribution in [1.82, 2.24) is 20.9 Å². The Kier molecular flexibility index (Phi) is 14.2. The number of nitrogens with one attached hydrogen (secondary N) is 3. The van der Waals surface area contributed by atoms with Crippen molar-refractivity contribution in [3.05, 3.63) is 63.6 Å². The van der Waals surface area contributed by atoms with E-state index in [1.165, 1.54) is 24.0 Å². The van der Waals surface area contributed by atoms with Gasteiger partial charge in [-0.15, -0.1) is 0 Å². The molecule has 4 atom stereocenters. The van der Waals surface area contributed by atoms with E-state index in [9.17, 15) is 33.9 Å². The quantitative estimate of drug-likeness (QED) is 0.195. The molecule has 4 N–H and O–H groups in total. The monoisotopic (exact) mass is 690 g/mol. The summed E-state index contributed by atoms with van der Waals surface area (Å²) < 4.78 is 5.49. The molecule has 0 aromatic heterocycles. The minimum Gasteiger partial charge on any atom is -0.508 e. The average molecular weight is 692 g/mol. The molecule has 4 amide bonds. The second kappa shape index (κ2) is 17.8. The minimum atomic E-state index is -1.18. The smallest absolute Gasteiger partial charge is 0.246 e. The number of hydrogen-bond donors (Lipinski definition) is 4. The Bertz CT molecular complexity index is 1430. The molecule has 1 aliphatic rings. The van der Waals surface area contributed by atoms with Crippen LogP contribution in [0, 0.1) is 5.92 Å². The van der Waals surface area contributed by atoms with Gasteiger partial charge < -0.3 is 35.5 Å². The Balaban J connectivity index is 1.67. The number of amides is 4. The van der Waals surface area contributed by atoms with Crippen LogP contribution in [-0.2, 0) is 46.5 Å². The lowest BCUT2D eigenvalue weighted by Gasteiger charge is -2.32. The Morgan fingerprint density at radius 3 is 2.26 bits per heavy atom. The summed E-state index contributed by atoms with van der Waals surface area (Å²) >= 11 is 12.3. The van der Waals surface area contributed by atoms with E-state index in [1.54, 1.807) is 44.2 Å². The molecule has 3 rings (SSSR count). The van der Waals surface area contributed by atoms with Crippen LogP contribution >= 0.6 is 23.2 Å². The Morgan fingerprint density at radius 2 is 1.66 bits per heavy atom. The van der Waals surface area contributed by atoms with Crippen molar-refractivity contribution in [2.75, 3.05) is 13.2 Å². The van der Waals surface area contributed by atoms with Gasteiger partial charge in [0, 0.05) is 41.9 Å². The van der Waals surface area contributed by atoms with Gasteiger partial charge in [0.1, 0.15) is 36.8 Å². The molecule has 47 heavy (non-hydrogen) atoms. The number of nitrogens with zero attached hydrogens (tertiary/aromatic N) is 1. The van der Waals surface area contributed by atoms with Gasteiger partial charge in [-0.05, 0) is 48.6 Å². The Morgan fingerprint density at radius 1 is 1.00 bits per heavy atom. The minimum absolute atomic E-state index is 0.0536. The molecule has 0 radical (unpaired) electrons. The highest BCUT2D eigenvalue weighted by molar-refractivity contribution is 6.35. The predicted octanol–water partition coefficient (Wildman–Crippen LogP) is 2.74. The van der Waals surface area contributed by atoms with Crippen LogP contribution in [0.1, 0.15) is 51.2 Å². The molecule has 0 aliphatic carbocycles. The molecule has 254 valence electrons. The summed E-state index contributed by atoms with van der Waals surface area (Å²) in [6.07, 6.45) is 1.15. The number of rotatable bonds is 16. The second-order valence-electron chi connectivity index (χ2n) is 11.7. The molecule has 12 nitrogen and oxygen atoms in total. The molecule has 1 aliphatic heterocycles.